The van der Waals surface area contributed by atoms with Gasteiger partial charge in [0.05, 0.1) is 18.7 Å². The van der Waals surface area contributed by atoms with Gasteiger partial charge in [-0.3, -0.25) is 14.5 Å². The standard InChI is InChI=1S/C28H30F3N3O2/c1-18-8-5-9-19(2)26(18)32-24(35)16-34(15-22-12-7-13-23(14-22)28(29,30)31)17-25(36)33-27-20(3)10-6-11-21(27)4/h5-14H,15-17H2,1-4H3,(H,32,35)(H,33,36). The third kappa shape index (κ3) is 7.18. The van der Waals surface area contributed by atoms with E-state index in [-0.39, 0.29) is 31.4 Å². The Bertz CT molecular complexity index is 1150. The molecule has 36 heavy (non-hydrogen) atoms. The van der Waals surface area contributed by atoms with E-state index in [9.17, 15) is 22.8 Å². The normalized spacial score (nSPS) is 11.4. The lowest BCUT2D eigenvalue weighted by atomic mass is 10.1. The predicted octanol–water partition coefficient (Wildman–Crippen LogP) is 6.02. The Kier molecular flexibility index (Phi) is 8.53. The van der Waals surface area contributed by atoms with Crippen LogP contribution in [0.1, 0.15) is 33.4 Å². The number of alkyl halides is 3. The lowest BCUT2D eigenvalue weighted by Gasteiger charge is -2.23. The Labute approximate surface area is 209 Å². The van der Waals surface area contributed by atoms with E-state index in [1.165, 1.54) is 11.0 Å². The molecular formula is C28H30F3N3O2. The van der Waals surface area contributed by atoms with E-state index >= 15 is 0 Å². The van der Waals surface area contributed by atoms with Crippen molar-refractivity contribution in [3.63, 3.8) is 0 Å². The molecule has 0 unspecified atom stereocenters. The smallest absolute Gasteiger partial charge is 0.324 e. The van der Waals surface area contributed by atoms with Crippen molar-refractivity contribution in [3.05, 3.63) is 94.0 Å². The molecule has 0 aromatic heterocycles. The number of hydrogen-bond donors (Lipinski definition) is 2. The summed E-state index contributed by atoms with van der Waals surface area (Å²) in [6, 6.07) is 16.2. The number of rotatable bonds is 8. The first-order valence-electron chi connectivity index (χ1n) is 11.5. The Morgan fingerprint density at radius 3 is 1.56 bits per heavy atom. The van der Waals surface area contributed by atoms with Crippen molar-refractivity contribution in [3.8, 4) is 0 Å². The molecule has 2 amide bonds. The van der Waals surface area contributed by atoms with Gasteiger partial charge in [-0.1, -0.05) is 54.6 Å². The average Bonchev–Trinajstić information content (AvgIpc) is 2.78. The van der Waals surface area contributed by atoms with E-state index < -0.39 is 11.7 Å². The largest absolute Gasteiger partial charge is 0.416 e. The molecule has 0 spiro atoms. The minimum absolute atomic E-state index is 0.00965. The topological polar surface area (TPSA) is 61.4 Å². The average molecular weight is 498 g/mol. The summed E-state index contributed by atoms with van der Waals surface area (Å²) in [5.41, 5.74) is 4.50. The van der Waals surface area contributed by atoms with Crippen molar-refractivity contribution in [1.29, 1.82) is 0 Å². The second-order valence-electron chi connectivity index (χ2n) is 8.97. The van der Waals surface area contributed by atoms with Gasteiger partial charge in [-0.25, -0.2) is 0 Å². The Morgan fingerprint density at radius 1 is 0.722 bits per heavy atom. The zero-order valence-corrected chi connectivity index (χ0v) is 20.8. The Morgan fingerprint density at radius 2 is 1.14 bits per heavy atom. The van der Waals surface area contributed by atoms with Gasteiger partial charge in [-0.2, -0.15) is 13.2 Å². The maximum atomic E-state index is 13.2. The summed E-state index contributed by atoms with van der Waals surface area (Å²) in [7, 11) is 0. The number of carbonyl (C=O) groups excluding carboxylic acids is 2. The van der Waals surface area contributed by atoms with Gasteiger partial charge >= 0.3 is 6.18 Å². The van der Waals surface area contributed by atoms with Crippen LogP contribution in [0.4, 0.5) is 24.5 Å². The summed E-state index contributed by atoms with van der Waals surface area (Å²) in [5.74, 6) is -0.724. The van der Waals surface area contributed by atoms with Crippen molar-refractivity contribution in [2.75, 3.05) is 23.7 Å². The fourth-order valence-corrected chi connectivity index (χ4v) is 4.06. The first kappa shape index (κ1) is 26.9. The molecule has 0 saturated carbocycles. The van der Waals surface area contributed by atoms with Crippen LogP contribution in [0.25, 0.3) is 0 Å². The number of halogens is 3. The van der Waals surface area contributed by atoms with E-state index in [0.29, 0.717) is 16.9 Å². The maximum absolute atomic E-state index is 13.2. The molecule has 8 heteroatoms. The van der Waals surface area contributed by atoms with Gasteiger partial charge in [0.15, 0.2) is 0 Å². The molecule has 0 fully saturated rings. The summed E-state index contributed by atoms with van der Waals surface area (Å²) in [6.45, 7) is 7.14. The SMILES string of the molecule is Cc1cccc(C)c1NC(=O)CN(CC(=O)Nc1c(C)cccc1C)Cc1cccc(C(F)(F)F)c1. The van der Waals surface area contributed by atoms with Gasteiger partial charge in [0, 0.05) is 17.9 Å². The van der Waals surface area contributed by atoms with Crippen LogP contribution >= 0.6 is 0 Å². The third-order valence-electron chi connectivity index (χ3n) is 5.89. The molecule has 0 bridgehead atoms. The van der Waals surface area contributed by atoms with Crippen LogP contribution < -0.4 is 10.6 Å². The van der Waals surface area contributed by atoms with Gasteiger partial charge in [0.1, 0.15) is 0 Å². The summed E-state index contributed by atoms with van der Waals surface area (Å²) < 4.78 is 39.7. The third-order valence-corrected chi connectivity index (χ3v) is 5.89. The first-order valence-corrected chi connectivity index (χ1v) is 11.5. The van der Waals surface area contributed by atoms with Crippen molar-refractivity contribution in [2.45, 2.75) is 40.4 Å². The quantitative estimate of drug-likeness (QED) is 0.400. The molecule has 0 aliphatic rings. The highest BCUT2D eigenvalue weighted by Gasteiger charge is 2.30. The van der Waals surface area contributed by atoms with Gasteiger partial charge in [-0.05, 0) is 61.6 Å². The molecule has 0 aliphatic heterocycles. The van der Waals surface area contributed by atoms with Gasteiger partial charge in [0.25, 0.3) is 0 Å². The summed E-state index contributed by atoms with van der Waals surface area (Å²) in [5, 5.41) is 5.76. The highest BCUT2D eigenvalue weighted by molar-refractivity contribution is 5.96. The van der Waals surface area contributed by atoms with Crippen LogP contribution in [-0.4, -0.2) is 29.8 Å². The van der Waals surface area contributed by atoms with E-state index in [1.54, 1.807) is 6.07 Å². The second-order valence-corrected chi connectivity index (χ2v) is 8.97. The molecule has 3 aromatic carbocycles. The Hall–Kier alpha value is -3.65. The monoisotopic (exact) mass is 497 g/mol. The van der Waals surface area contributed by atoms with E-state index in [2.05, 4.69) is 10.6 Å². The highest BCUT2D eigenvalue weighted by Crippen LogP contribution is 2.30. The van der Waals surface area contributed by atoms with E-state index in [1.807, 2.05) is 64.1 Å². The van der Waals surface area contributed by atoms with Crippen LogP contribution in [0.5, 0.6) is 0 Å². The lowest BCUT2D eigenvalue weighted by Crippen LogP contribution is -2.38. The summed E-state index contributed by atoms with van der Waals surface area (Å²) in [4.78, 5) is 27.4. The molecular weight excluding hydrogens is 467 g/mol. The second kappa shape index (κ2) is 11.4. The van der Waals surface area contributed by atoms with Crippen LogP contribution in [-0.2, 0) is 22.3 Å². The molecule has 5 nitrogen and oxygen atoms in total. The molecule has 2 N–H and O–H groups in total. The minimum Gasteiger partial charge on any atom is -0.324 e. The summed E-state index contributed by atoms with van der Waals surface area (Å²) >= 11 is 0. The van der Waals surface area contributed by atoms with Crippen LogP contribution in [0.2, 0.25) is 0 Å². The number of nitrogens with one attached hydrogen (secondary N) is 2. The van der Waals surface area contributed by atoms with E-state index in [4.69, 9.17) is 0 Å². The number of aryl methyl sites for hydroxylation is 4. The fraction of sp³-hybridized carbons (Fsp3) is 0.286. The number of hydrogen-bond acceptors (Lipinski definition) is 3. The van der Waals surface area contributed by atoms with Crippen molar-refractivity contribution in [1.82, 2.24) is 4.90 Å². The number of para-hydroxylation sites is 2. The molecule has 0 saturated heterocycles. The molecule has 3 aromatic rings. The number of nitrogens with zero attached hydrogens (tertiary/aromatic N) is 1. The highest BCUT2D eigenvalue weighted by atomic mass is 19.4. The van der Waals surface area contributed by atoms with Crippen LogP contribution in [0, 0.1) is 27.7 Å². The molecule has 0 aliphatic carbocycles. The zero-order valence-electron chi connectivity index (χ0n) is 20.8. The predicted molar refractivity (Wildman–Crippen MR) is 136 cm³/mol. The van der Waals surface area contributed by atoms with Gasteiger partial charge < -0.3 is 10.6 Å². The molecule has 3 rings (SSSR count). The van der Waals surface area contributed by atoms with Crippen molar-refractivity contribution in [2.24, 2.45) is 0 Å². The van der Waals surface area contributed by atoms with Crippen molar-refractivity contribution < 1.29 is 22.8 Å². The molecule has 0 radical (unpaired) electrons. The number of carbonyl (C=O) groups is 2. The van der Waals surface area contributed by atoms with Crippen LogP contribution in [0.3, 0.4) is 0 Å². The number of amides is 2. The maximum Gasteiger partial charge on any atom is 0.416 e. The van der Waals surface area contributed by atoms with Gasteiger partial charge in [-0.15, -0.1) is 0 Å². The van der Waals surface area contributed by atoms with E-state index in [0.717, 1.165) is 34.4 Å². The fourth-order valence-electron chi connectivity index (χ4n) is 4.06. The van der Waals surface area contributed by atoms with Gasteiger partial charge in [0.2, 0.25) is 11.8 Å². The molecule has 0 heterocycles. The van der Waals surface area contributed by atoms with Crippen molar-refractivity contribution >= 4 is 23.2 Å². The lowest BCUT2D eigenvalue weighted by molar-refractivity contribution is -0.137. The summed E-state index contributed by atoms with van der Waals surface area (Å²) in [6.07, 6.45) is -4.49. The molecule has 0 atom stereocenters. The first-order chi connectivity index (χ1) is 16.9. The minimum atomic E-state index is -4.49. The number of anilines is 2. The van der Waals surface area contributed by atoms with Crippen LogP contribution in [0.15, 0.2) is 60.7 Å². The number of benzene rings is 3. The Balaban J connectivity index is 1.81. The zero-order chi connectivity index (χ0) is 26.5. The molecule has 190 valence electrons.